The van der Waals surface area contributed by atoms with E-state index in [-0.39, 0.29) is 6.61 Å². The van der Waals surface area contributed by atoms with E-state index in [1.807, 2.05) is 30.3 Å². The summed E-state index contributed by atoms with van der Waals surface area (Å²) in [6.07, 6.45) is -0.791. The van der Waals surface area contributed by atoms with Crippen LogP contribution in [0, 0.1) is 0 Å². The fraction of sp³-hybridized carbons (Fsp3) is 0.250. The Kier molecular flexibility index (Phi) is 4.85. The van der Waals surface area contributed by atoms with Gasteiger partial charge in [-0.3, -0.25) is 0 Å². The molecular formula is C16H18O4. The topological polar surface area (TPSA) is 47.9 Å². The van der Waals surface area contributed by atoms with Crippen LogP contribution in [-0.4, -0.2) is 25.9 Å². The van der Waals surface area contributed by atoms with Crippen LogP contribution in [0.25, 0.3) is 0 Å². The summed E-state index contributed by atoms with van der Waals surface area (Å²) in [7, 11) is 3.15. The number of ether oxygens (including phenoxy) is 3. The molecule has 2 rings (SSSR count). The van der Waals surface area contributed by atoms with E-state index in [4.69, 9.17) is 14.2 Å². The molecule has 0 spiro atoms. The number of hydrogen-bond acceptors (Lipinski definition) is 4. The number of para-hydroxylation sites is 1. The van der Waals surface area contributed by atoms with E-state index in [1.165, 1.54) is 0 Å². The summed E-state index contributed by atoms with van der Waals surface area (Å²) in [5.74, 6) is 1.99. The second kappa shape index (κ2) is 6.82. The first-order valence-electron chi connectivity index (χ1n) is 6.32. The number of methoxy groups -OCH3 is 2. The van der Waals surface area contributed by atoms with Gasteiger partial charge in [-0.15, -0.1) is 0 Å². The molecule has 0 saturated carbocycles. The summed E-state index contributed by atoms with van der Waals surface area (Å²) in [4.78, 5) is 0. The molecule has 0 aliphatic heterocycles. The van der Waals surface area contributed by atoms with Gasteiger partial charge in [0.05, 0.1) is 14.2 Å². The van der Waals surface area contributed by atoms with E-state index in [2.05, 4.69) is 0 Å². The lowest BCUT2D eigenvalue weighted by atomic mass is 10.1. The van der Waals surface area contributed by atoms with Crippen molar-refractivity contribution < 1.29 is 19.3 Å². The lowest BCUT2D eigenvalue weighted by Gasteiger charge is -2.16. The third-order valence-corrected chi connectivity index (χ3v) is 2.95. The maximum absolute atomic E-state index is 10.3. The van der Waals surface area contributed by atoms with Gasteiger partial charge in [-0.05, 0) is 30.3 Å². The Morgan fingerprint density at radius 2 is 1.70 bits per heavy atom. The van der Waals surface area contributed by atoms with Crippen molar-refractivity contribution in [2.24, 2.45) is 0 Å². The summed E-state index contributed by atoms with van der Waals surface area (Å²) < 4.78 is 16.0. The predicted molar refractivity (Wildman–Crippen MR) is 76.4 cm³/mol. The summed E-state index contributed by atoms with van der Waals surface area (Å²) in [5, 5.41) is 10.3. The molecule has 2 aromatic rings. The Hall–Kier alpha value is -2.20. The van der Waals surface area contributed by atoms with Crippen LogP contribution in [0.15, 0.2) is 48.5 Å². The first-order valence-corrected chi connectivity index (χ1v) is 6.32. The molecule has 2 aromatic carbocycles. The van der Waals surface area contributed by atoms with Crippen LogP contribution in [0.5, 0.6) is 17.2 Å². The molecule has 1 N–H and O–H groups in total. The van der Waals surface area contributed by atoms with Crippen LogP contribution in [0.1, 0.15) is 11.7 Å². The second-order valence-corrected chi connectivity index (χ2v) is 4.25. The zero-order valence-electron chi connectivity index (χ0n) is 11.6. The Balaban J connectivity index is 2.09. The lowest BCUT2D eigenvalue weighted by molar-refractivity contribution is 0.105. The first-order chi connectivity index (χ1) is 9.74. The number of benzene rings is 2. The lowest BCUT2D eigenvalue weighted by Crippen LogP contribution is -2.11. The molecule has 0 aliphatic rings. The Morgan fingerprint density at radius 3 is 2.35 bits per heavy atom. The highest BCUT2D eigenvalue weighted by Gasteiger charge is 2.15. The average molecular weight is 274 g/mol. The van der Waals surface area contributed by atoms with E-state index in [9.17, 15) is 5.11 Å². The van der Waals surface area contributed by atoms with E-state index in [0.29, 0.717) is 22.8 Å². The maximum Gasteiger partial charge on any atom is 0.125 e. The molecular weight excluding hydrogens is 256 g/mol. The highest BCUT2D eigenvalue weighted by Crippen LogP contribution is 2.29. The molecule has 0 bridgehead atoms. The van der Waals surface area contributed by atoms with Crippen molar-refractivity contribution in [2.45, 2.75) is 6.10 Å². The minimum atomic E-state index is -0.791. The molecule has 0 radical (unpaired) electrons. The second-order valence-electron chi connectivity index (χ2n) is 4.25. The van der Waals surface area contributed by atoms with E-state index < -0.39 is 6.10 Å². The van der Waals surface area contributed by atoms with Crippen molar-refractivity contribution in [1.29, 1.82) is 0 Å². The van der Waals surface area contributed by atoms with Gasteiger partial charge in [0.15, 0.2) is 0 Å². The molecule has 4 nitrogen and oxygen atoms in total. The highest BCUT2D eigenvalue weighted by molar-refractivity contribution is 5.41. The number of aliphatic hydroxyl groups excluding tert-OH is 1. The van der Waals surface area contributed by atoms with E-state index >= 15 is 0 Å². The number of hydrogen-bond donors (Lipinski definition) is 1. The quantitative estimate of drug-likeness (QED) is 0.880. The first kappa shape index (κ1) is 14.2. The van der Waals surface area contributed by atoms with Gasteiger partial charge < -0.3 is 19.3 Å². The van der Waals surface area contributed by atoms with Crippen LogP contribution in [0.4, 0.5) is 0 Å². The van der Waals surface area contributed by atoms with Crippen LogP contribution >= 0.6 is 0 Å². The van der Waals surface area contributed by atoms with Gasteiger partial charge in [0, 0.05) is 5.56 Å². The molecule has 4 heteroatoms. The van der Waals surface area contributed by atoms with E-state index in [1.54, 1.807) is 32.4 Å². The fourth-order valence-corrected chi connectivity index (χ4v) is 1.88. The van der Waals surface area contributed by atoms with Gasteiger partial charge in [0.25, 0.3) is 0 Å². The minimum Gasteiger partial charge on any atom is -0.497 e. The molecule has 106 valence electrons. The van der Waals surface area contributed by atoms with Crippen LogP contribution in [0.2, 0.25) is 0 Å². The van der Waals surface area contributed by atoms with Crippen molar-refractivity contribution >= 4 is 0 Å². The van der Waals surface area contributed by atoms with Crippen molar-refractivity contribution in [1.82, 2.24) is 0 Å². The summed E-state index contributed by atoms with van der Waals surface area (Å²) >= 11 is 0. The van der Waals surface area contributed by atoms with Crippen molar-refractivity contribution in [3.05, 3.63) is 54.1 Å². The molecule has 0 aliphatic carbocycles. The fourth-order valence-electron chi connectivity index (χ4n) is 1.88. The van der Waals surface area contributed by atoms with Crippen LogP contribution in [-0.2, 0) is 0 Å². The van der Waals surface area contributed by atoms with Crippen molar-refractivity contribution in [3.8, 4) is 17.2 Å². The largest absolute Gasteiger partial charge is 0.497 e. The minimum absolute atomic E-state index is 0.146. The summed E-state index contributed by atoms with van der Waals surface area (Å²) in [6, 6.07) is 14.7. The monoisotopic (exact) mass is 274 g/mol. The molecule has 0 fully saturated rings. The zero-order chi connectivity index (χ0) is 14.4. The SMILES string of the molecule is COc1ccc(OC)c(C(O)COc2ccccc2)c1. The Labute approximate surface area is 118 Å². The Morgan fingerprint density at radius 1 is 0.950 bits per heavy atom. The molecule has 1 atom stereocenters. The van der Waals surface area contributed by atoms with Gasteiger partial charge in [-0.1, -0.05) is 18.2 Å². The normalized spacial score (nSPS) is 11.8. The van der Waals surface area contributed by atoms with Crippen molar-refractivity contribution in [2.75, 3.05) is 20.8 Å². The highest BCUT2D eigenvalue weighted by atomic mass is 16.5. The average Bonchev–Trinajstić information content (AvgIpc) is 2.52. The predicted octanol–water partition coefficient (Wildman–Crippen LogP) is 2.82. The molecule has 0 aromatic heterocycles. The maximum atomic E-state index is 10.3. The molecule has 20 heavy (non-hydrogen) atoms. The third-order valence-electron chi connectivity index (χ3n) is 2.95. The van der Waals surface area contributed by atoms with Gasteiger partial charge >= 0.3 is 0 Å². The molecule has 0 heterocycles. The van der Waals surface area contributed by atoms with Crippen molar-refractivity contribution in [3.63, 3.8) is 0 Å². The molecule has 0 saturated heterocycles. The van der Waals surface area contributed by atoms with Crippen LogP contribution in [0.3, 0.4) is 0 Å². The Bertz CT molecular complexity index is 539. The molecule has 1 unspecified atom stereocenters. The van der Waals surface area contributed by atoms with Crippen LogP contribution < -0.4 is 14.2 Å². The third kappa shape index (κ3) is 3.42. The number of rotatable bonds is 6. The number of aliphatic hydroxyl groups is 1. The summed E-state index contributed by atoms with van der Waals surface area (Å²) in [5.41, 5.74) is 0.641. The smallest absolute Gasteiger partial charge is 0.125 e. The van der Waals surface area contributed by atoms with Gasteiger partial charge in [-0.25, -0.2) is 0 Å². The van der Waals surface area contributed by atoms with E-state index in [0.717, 1.165) is 0 Å². The summed E-state index contributed by atoms with van der Waals surface area (Å²) in [6.45, 7) is 0.146. The zero-order valence-corrected chi connectivity index (χ0v) is 11.6. The van der Waals surface area contributed by atoms with Gasteiger partial charge in [0.1, 0.15) is 30.0 Å². The van der Waals surface area contributed by atoms with Gasteiger partial charge in [0.2, 0.25) is 0 Å². The standard InChI is InChI=1S/C16H18O4/c1-18-13-8-9-16(19-2)14(10-13)15(17)11-20-12-6-4-3-5-7-12/h3-10,15,17H,11H2,1-2H3. The molecule has 0 amide bonds. The van der Waals surface area contributed by atoms with Gasteiger partial charge in [-0.2, -0.15) is 0 Å².